The monoisotopic (exact) mass is 394 g/mol. The quantitative estimate of drug-likeness (QED) is 0.635. The van der Waals surface area contributed by atoms with Crippen LogP contribution in [0.4, 0.5) is 5.69 Å². The van der Waals surface area contributed by atoms with Gasteiger partial charge in [-0.1, -0.05) is 0 Å². The van der Waals surface area contributed by atoms with E-state index in [0.29, 0.717) is 13.2 Å². The van der Waals surface area contributed by atoms with E-state index in [4.69, 9.17) is 15.5 Å². The number of carbonyl (C=O) groups excluding carboxylic acids is 1. The van der Waals surface area contributed by atoms with Crippen LogP contribution in [-0.2, 0) is 11.3 Å². The number of anilines is 1. The molecule has 2 N–H and O–H groups in total. The molecule has 8 nitrogen and oxygen atoms in total. The molecule has 0 radical (unpaired) electrons. The van der Waals surface area contributed by atoms with Crippen LogP contribution in [-0.4, -0.2) is 53.7 Å². The molecule has 0 saturated carbocycles. The van der Waals surface area contributed by atoms with E-state index in [2.05, 4.69) is 19.5 Å². The second-order valence-electron chi connectivity index (χ2n) is 7.37. The van der Waals surface area contributed by atoms with Crippen molar-refractivity contribution in [2.75, 3.05) is 25.1 Å². The van der Waals surface area contributed by atoms with E-state index < -0.39 is 0 Å². The lowest BCUT2D eigenvalue weighted by Gasteiger charge is -2.35. The molecule has 2 aliphatic heterocycles. The highest BCUT2D eigenvalue weighted by Gasteiger charge is 2.28. The Hall–Kier alpha value is -3.16. The van der Waals surface area contributed by atoms with Gasteiger partial charge in [0.15, 0.2) is 0 Å². The van der Waals surface area contributed by atoms with Crippen molar-refractivity contribution < 1.29 is 9.53 Å². The molecular formula is C21H26N6O2. The number of imidazole rings is 1. The fourth-order valence-corrected chi connectivity index (χ4v) is 3.97. The number of benzene rings is 1. The average Bonchev–Trinajstić information content (AvgIpc) is 3.08. The molecule has 4 rings (SSSR count). The van der Waals surface area contributed by atoms with Gasteiger partial charge in [-0.2, -0.15) is 0 Å². The number of aromatic nitrogens is 2. The van der Waals surface area contributed by atoms with E-state index >= 15 is 0 Å². The van der Waals surface area contributed by atoms with Crippen LogP contribution in [0, 0.1) is 0 Å². The summed E-state index contributed by atoms with van der Waals surface area (Å²) in [5.41, 5.74) is 9.17. The van der Waals surface area contributed by atoms with Gasteiger partial charge in [-0.05, 0) is 38.3 Å². The number of rotatable bonds is 4. The fraction of sp³-hybridized carbons (Fsp3) is 0.429. The summed E-state index contributed by atoms with van der Waals surface area (Å²) in [7, 11) is 1.69. The maximum atomic E-state index is 11.9. The van der Waals surface area contributed by atoms with Gasteiger partial charge in [-0.15, -0.1) is 0 Å². The molecule has 1 aromatic carbocycles. The van der Waals surface area contributed by atoms with Crippen molar-refractivity contribution in [2.24, 2.45) is 15.7 Å². The minimum Gasteiger partial charge on any atom is -0.491 e. The Labute approximate surface area is 170 Å². The average molecular weight is 394 g/mol. The summed E-state index contributed by atoms with van der Waals surface area (Å²) in [6.07, 6.45) is 6.39. The second-order valence-corrected chi connectivity index (χ2v) is 7.37. The number of aliphatic imine (C=N–C) groups is 2. The molecule has 2 aromatic rings. The standard InChI is InChI=1S/C21H26N6O2/c1-14(24-13-23-2)17-12-26-9-10-29-19-11-15(6-7-16(19)21(26)25-17)27-8-4-3-5-18(27)20(22)28/h6-7,11-13,18H,3-5,8-10H2,1-2H3,(H2,22,28)/b23-13-,24-14+. The van der Waals surface area contributed by atoms with Crippen LogP contribution in [0.25, 0.3) is 11.4 Å². The SMILES string of the molecule is C/N=C\N=C(/C)c1cn2c(n1)-c1ccc(N3CCCCC3C(N)=O)cc1OCC2. The number of carbonyl (C=O) groups is 1. The van der Waals surface area contributed by atoms with Crippen LogP contribution in [0.5, 0.6) is 5.75 Å². The molecule has 152 valence electrons. The summed E-state index contributed by atoms with van der Waals surface area (Å²) in [6, 6.07) is 5.79. The van der Waals surface area contributed by atoms with Gasteiger partial charge in [0.1, 0.15) is 36.3 Å². The largest absolute Gasteiger partial charge is 0.491 e. The predicted molar refractivity (Wildman–Crippen MR) is 114 cm³/mol. The molecule has 1 atom stereocenters. The van der Waals surface area contributed by atoms with Gasteiger partial charge in [0.2, 0.25) is 5.91 Å². The highest BCUT2D eigenvalue weighted by atomic mass is 16.5. The van der Waals surface area contributed by atoms with Crippen LogP contribution in [0.3, 0.4) is 0 Å². The third-order valence-corrected chi connectivity index (χ3v) is 5.47. The van der Waals surface area contributed by atoms with E-state index in [-0.39, 0.29) is 11.9 Å². The Kier molecular flexibility index (Phi) is 5.33. The maximum Gasteiger partial charge on any atom is 0.240 e. The van der Waals surface area contributed by atoms with Crippen LogP contribution in [0.1, 0.15) is 31.9 Å². The van der Waals surface area contributed by atoms with Crippen LogP contribution < -0.4 is 15.4 Å². The van der Waals surface area contributed by atoms with E-state index in [1.807, 2.05) is 31.3 Å². The number of ether oxygens (including phenoxy) is 1. The Balaban J connectivity index is 1.70. The summed E-state index contributed by atoms with van der Waals surface area (Å²) in [5, 5.41) is 0. The minimum absolute atomic E-state index is 0.264. The highest BCUT2D eigenvalue weighted by Crippen LogP contribution is 2.36. The number of amides is 1. The number of hydrogen-bond donors (Lipinski definition) is 1. The second kappa shape index (κ2) is 8.06. The van der Waals surface area contributed by atoms with Gasteiger partial charge in [-0.25, -0.2) is 9.98 Å². The lowest BCUT2D eigenvalue weighted by molar-refractivity contribution is -0.119. The Morgan fingerprint density at radius 2 is 2.21 bits per heavy atom. The number of fused-ring (bicyclic) bond motifs is 3. The number of piperidine rings is 1. The van der Waals surface area contributed by atoms with Crippen molar-refractivity contribution in [2.45, 2.75) is 38.8 Å². The van der Waals surface area contributed by atoms with E-state index in [0.717, 1.165) is 60.0 Å². The molecule has 1 amide bonds. The van der Waals surface area contributed by atoms with Crippen molar-refractivity contribution in [3.05, 3.63) is 30.1 Å². The predicted octanol–water partition coefficient (Wildman–Crippen LogP) is 2.25. The van der Waals surface area contributed by atoms with Gasteiger partial charge in [0, 0.05) is 31.5 Å². The zero-order chi connectivity index (χ0) is 20.4. The molecule has 29 heavy (non-hydrogen) atoms. The van der Waals surface area contributed by atoms with Crippen LogP contribution in [0.15, 0.2) is 34.4 Å². The van der Waals surface area contributed by atoms with Gasteiger partial charge < -0.3 is 19.9 Å². The molecule has 3 heterocycles. The molecule has 1 unspecified atom stereocenters. The van der Waals surface area contributed by atoms with Crippen molar-refractivity contribution >= 4 is 23.6 Å². The maximum absolute atomic E-state index is 11.9. The van der Waals surface area contributed by atoms with E-state index in [9.17, 15) is 4.79 Å². The van der Waals surface area contributed by atoms with E-state index in [1.165, 1.54) is 6.34 Å². The van der Waals surface area contributed by atoms with E-state index in [1.54, 1.807) is 7.05 Å². The first-order valence-corrected chi connectivity index (χ1v) is 9.94. The molecule has 1 saturated heterocycles. The summed E-state index contributed by atoms with van der Waals surface area (Å²) < 4.78 is 8.12. The van der Waals surface area contributed by atoms with Crippen molar-refractivity contribution in [3.63, 3.8) is 0 Å². The molecule has 0 spiro atoms. The first-order valence-electron chi connectivity index (χ1n) is 9.94. The molecule has 0 aliphatic carbocycles. The molecule has 2 aliphatic rings. The van der Waals surface area contributed by atoms with Gasteiger partial charge >= 0.3 is 0 Å². The minimum atomic E-state index is -0.272. The van der Waals surface area contributed by atoms with Gasteiger partial charge in [0.25, 0.3) is 0 Å². The van der Waals surface area contributed by atoms with Gasteiger partial charge in [-0.3, -0.25) is 9.79 Å². The Bertz CT molecular complexity index is 978. The van der Waals surface area contributed by atoms with Crippen LogP contribution in [0.2, 0.25) is 0 Å². The summed E-state index contributed by atoms with van der Waals surface area (Å²) in [6.45, 7) is 3.99. The highest BCUT2D eigenvalue weighted by molar-refractivity contribution is 6.01. The molecule has 1 fully saturated rings. The Morgan fingerprint density at radius 1 is 1.34 bits per heavy atom. The molecular weight excluding hydrogens is 368 g/mol. The summed E-state index contributed by atoms with van der Waals surface area (Å²) >= 11 is 0. The third-order valence-electron chi connectivity index (χ3n) is 5.47. The lowest BCUT2D eigenvalue weighted by atomic mass is 10.00. The molecule has 1 aromatic heterocycles. The lowest BCUT2D eigenvalue weighted by Crippen LogP contribution is -2.47. The normalized spacial score (nSPS) is 19.4. The van der Waals surface area contributed by atoms with Crippen molar-refractivity contribution in [3.8, 4) is 17.1 Å². The third kappa shape index (κ3) is 3.74. The first-order chi connectivity index (χ1) is 14.1. The molecule has 0 bridgehead atoms. The van der Waals surface area contributed by atoms with Crippen LogP contribution >= 0.6 is 0 Å². The number of nitrogens with zero attached hydrogens (tertiary/aromatic N) is 5. The first kappa shape index (κ1) is 19.2. The zero-order valence-corrected chi connectivity index (χ0v) is 16.8. The number of primary amides is 1. The van der Waals surface area contributed by atoms with Crippen molar-refractivity contribution in [1.82, 2.24) is 9.55 Å². The smallest absolute Gasteiger partial charge is 0.240 e. The number of nitrogens with two attached hydrogens (primary N) is 1. The Morgan fingerprint density at radius 3 is 3.00 bits per heavy atom. The van der Waals surface area contributed by atoms with Crippen molar-refractivity contribution in [1.29, 1.82) is 0 Å². The summed E-state index contributed by atoms with van der Waals surface area (Å²) in [5.74, 6) is 1.36. The number of hydrogen-bond acceptors (Lipinski definition) is 5. The molecule has 8 heteroatoms. The summed E-state index contributed by atoms with van der Waals surface area (Å²) in [4.78, 5) is 27.0. The topological polar surface area (TPSA) is 98.1 Å². The fourth-order valence-electron chi connectivity index (χ4n) is 3.97. The zero-order valence-electron chi connectivity index (χ0n) is 16.8. The van der Waals surface area contributed by atoms with Gasteiger partial charge in [0.05, 0.1) is 17.8 Å².